The molecule has 110 valence electrons. The number of hydrogen-bond donors (Lipinski definition) is 3. The van der Waals surface area contributed by atoms with Crippen molar-refractivity contribution in [3.05, 3.63) is 0 Å². The van der Waals surface area contributed by atoms with Gasteiger partial charge in [0.25, 0.3) is 0 Å². The van der Waals surface area contributed by atoms with Crippen molar-refractivity contribution in [3.8, 4) is 0 Å². The molecule has 0 spiro atoms. The van der Waals surface area contributed by atoms with Crippen molar-refractivity contribution in [1.82, 2.24) is 10.6 Å². The SMILES string of the molecule is CC(C)CNC(=O)C(C)NC(=O)C1CCCCC1N. The number of rotatable bonds is 5. The van der Waals surface area contributed by atoms with Gasteiger partial charge in [0.15, 0.2) is 0 Å². The van der Waals surface area contributed by atoms with Crippen molar-refractivity contribution >= 4 is 11.8 Å². The second kappa shape index (κ2) is 7.48. The van der Waals surface area contributed by atoms with Crippen LogP contribution < -0.4 is 16.4 Å². The molecular formula is C14H27N3O2. The molecule has 1 fully saturated rings. The Hall–Kier alpha value is -1.10. The highest BCUT2D eigenvalue weighted by Crippen LogP contribution is 2.23. The van der Waals surface area contributed by atoms with E-state index in [2.05, 4.69) is 10.6 Å². The van der Waals surface area contributed by atoms with Crippen molar-refractivity contribution in [1.29, 1.82) is 0 Å². The first kappa shape index (κ1) is 16.0. The molecule has 1 rings (SSSR count). The summed E-state index contributed by atoms with van der Waals surface area (Å²) in [6.07, 6.45) is 3.86. The van der Waals surface area contributed by atoms with Crippen LogP contribution in [0.2, 0.25) is 0 Å². The Morgan fingerprint density at radius 1 is 1.21 bits per heavy atom. The zero-order chi connectivity index (χ0) is 14.4. The van der Waals surface area contributed by atoms with E-state index in [0.29, 0.717) is 12.5 Å². The van der Waals surface area contributed by atoms with E-state index in [4.69, 9.17) is 5.73 Å². The summed E-state index contributed by atoms with van der Waals surface area (Å²) in [5.41, 5.74) is 5.97. The first-order chi connectivity index (χ1) is 8.91. The van der Waals surface area contributed by atoms with Gasteiger partial charge in [0.05, 0.1) is 5.92 Å². The van der Waals surface area contributed by atoms with Crippen LogP contribution in [-0.2, 0) is 9.59 Å². The van der Waals surface area contributed by atoms with Gasteiger partial charge in [0.1, 0.15) is 6.04 Å². The lowest BCUT2D eigenvalue weighted by Gasteiger charge is -2.28. The van der Waals surface area contributed by atoms with E-state index < -0.39 is 6.04 Å². The van der Waals surface area contributed by atoms with Crippen molar-refractivity contribution in [2.24, 2.45) is 17.6 Å². The Morgan fingerprint density at radius 3 is 2.42 bits per heavy atom. The van der Waals surface area contributed by atoms with Crippen LogP contribution in [0.4, 0.5) is 0 Å². The summed E-state index contributed by atoms with van der Waals surface area (Å²) in [5.74, 6) is 0.0403. The van der Waals surface area contributed by atoms with Crippen LogP contribution in [0.1, 0.15) is 46.5 Å². The number of nitrogens with one attached hydrogen (secondary N) is 2. The fourth-order valence-electron chi connectivity index (χ4n) is 2.33. The van der Waals surface area contributed by atoms with Crippen LogP contribution in [0.5, 0.6) is 0 Å². The third-order valence-corrected chi connectivity index (χ3v) is 3.59. The van der Waals surface area contributed by atoms with Crippen molar-refractivity contribution in [2.75, 3.05) is 6.54 Å². The molecule has 0 bridgehead atoms. The zero-order valence-corrected chi connectivity index (χ0v) is 12.2. The maximum Gasteiger partial charge on any atom is 0.242 e. The molecule has 1 aliphatic rings. The van der Waals surface area contributed by atoms with E-state index in [1.165, 1.54) is 0 Å². The Labute approximate surface area is 115 Å². The topological polar surface area (TPSA) is 84.2 Å². The Morgan fingerprint density at radius 2 is 1.84 bits per heavy atom. The van der Waals surface area contributed by atoms with Gasteiger partial charge in [-0.05, 0) is 25.7 Å². The molecule has 0 heterocycles. The predicted octanol–water partition coefficient (Wildman–Crippen LogP) is 0.781. The van der Waals surface area contributed by atoms with Crippen LogP contribution in [-0.4, -0.2) is 30.4 Å². The summed E-state index contributed by atoms with van der Waals surface area (Å²) >= 11 is 0. The van der Waals surface area contributed by atoms with Crippen molar-refractivity contribution in [3.63, 3.8) is 0 Å². The maximum atomic E-state index is 12.1. The molecule has 3 unspecified atom stereocenters. The Balaban J connectivity index is 2.40. The van der Waals surface area contributed by atoms with Crippen LogP contribution in [0.15, 0.2) is 0 Å². The summed E-state index contributed by atoms with van der Waals surface area (Å²) in [4.78, 5) is 23.9. The summed E-state index contributed by atoms with van der Waals surface area (Å²) in [5, 5.41) is 5.59. The highest BCUT2D eigenvalue weighted by molar-refractivity contribution is 5.88. The highest BCUT2D eigenvalue weighted by atomic mass is 16.2. The molecule has 0 radical (unpaired) electrons. The summed E-state index contributed by atoms with van der Waals surface area (Å²) in [6.45, 7) is 6.40. The third-order valence-electron chi connectivity index (χ3n) is 3.59. The minimum atomic E-state index is -0.500. The van der Waals surface area contributed by atoms with E-state index in [9.17, 15) is 9.59 Å². The molecule has 5 nitrogen and oxygen atoms in total. The van der Waals surface area contributed by atoms with Crippen LogP contribution in [0.25, 0.3) is 0 Å². The molecule has 1 saturated carbocycles. The van der Waals surface area contributed by atoms with E-state index in [1.54, 1.807) is 6.92 Å². The number of nitrogens with two attached hydrogens (primary N) is 1. The molecule has 19 heavy (non-hydrogen) atoms. The van der Waals surface area contributed by atoms with E-state index in [-0.39, 0.29) is 23.8 Å². The number of amides is 2. The average molecular weight is 269 g/mol. The van der Waals surface area contributed by atoms with Gasteiger partial charge in [-0.2, -0.15) is 0 Å². The second-order valence-corrected chi connectivity index (χ2v) is 5.92. The molecule has 0 aliphatic heterocycles. The van der Waals surface area contributed by atoms with Gasteiger partial charge < -0.3 is 16.4 Å². The largest absolute Gasteiger partial charge is 0.354 e. The molecule has 0 aromatic heterocycles. The molecule has 3 atom stereocenters. The quantitative estimate of drug-likeness (QED) is 0.689. The van der Waals surface area contributed by atoms with Gasteiger partial charge in [0, 0.05) is 12.6 Å². The minimum Gasteiger partial charge on any atom is -0.354 e. The van der Waals surface area contributed by atoms with Gasteiger partial charge in [-0.1, -0.05) is 26.7 Å². The third kappa shape index (κ3) is 5.19. The summed E-state index contributed by atoms with van der Waals surface area (Å²) < 4.78 is 0. The molecule has 2 amide bonds. The van der Waals surface area contributed by atoms with Gasteiger partial charge >= 0.3 is 0 Å². The van der Waals surface area contributed by atoms with Gasteiger partial charge in [-0.15, -0.1) is 0 Å². The molecule has 5 heteroatoms. The van der Waals surface area contributed by atoms with Gasteiger partial charge in [-0.3, -0.25) is 9.59 Å². The number of carbonyl (C=O) groups is 2. The molecular weight excluding hydrogens is 242 g/mol. The molecule has 0 aromatic carbocycles. The van der Waals surface area contributed by atoms with Crippen LogP contribution in [0.3, 0.4) is 0 Å². The predicted molar refractivity (Wildman–Crippen MR) is 75.4 cm³/mol. The fourth-order valence-corrected chi connectivity index (χ4v) is 2.33. The van der Waals surface area contributed by atoms with Crippen molar-refractivity contribution < 1.29 is 9.59 Å². The fraction of sp³-hybridized carbons (Fsp3) is 0.857. The van der Waals surface area contributed by atoms with Crippen molar-refractivity contribution in [2.45, 2.75) is 58.5 Å². The lowest BCUT2D eigenvalue weighted by Crippen LogP contribution is -2.51. The summed E-state index contributed by atoms with van der Waals surface area (Å²) in [6, 6.07) is -0.569. The normalized spacial score (nSPS) is 24.9. The standard InChI is InChI=1S/C14H27N3O2/c1-9(2)8-16-13(18)10(3)17-14(19)11-6-4-5-7-12(11)15/h9-12H,4-8,15H2,1-3H3,(H,16,18)(H,17,19). The van der Waals surface area contributed by atoms with E-state index in [0.717, 1.165) is 25.7 Å². The Bertz CT molecular complexity index is 318. The smallest absolute Gasteiger partial charge is 0.242 e. The zero-order valence-electron chi connectivity index (χ0n) is 12.2. The van der Waals surface area contributed by atoms with E-state index >= 15 is 0 Å². The second-order valence-electron chi connectivity index (χ2n) is 5.92. The molecule has 4 N–H and O–H groups in total. The first-order valence-corrected chi connectivity index (χ1v) is 7.25. The highest BCUT2D eigenvalue weighted by Gasteiger charge is 2.29. The van der Waals surface area contributed by atoms with E-state index in [1.807, 2.05) is 13.8 Å². The first-order valence-electron chi connectivity index (χ1n) is 7.25. The average Bonchev–Trinajstić information content (AvgIpc) is 2.36. The number of hydrogen-bond acceptors (Lipinski definition) is 3. The van der Waals surface area contributed by atoms with Crippen LogP contribution in [0, 0.1) is 11.8 Å². The monoisotopic (exact) mass is 269 g/mol. The van der Waals surface area contributed by atoms with Crippen LogP contribution >= 0.6 is 0 Å². The Kier molecular flexibility index (Phi) is 6.28. The molecule has 0 saturated heterocycles. The molecule has 0 aromatic rings. The lowest BCUT2D eigenvalue weighted by molar-refractivity contribution is -0.131. The minimum absolute atomic E-state index is 0.0697. The van der Waals surface area contributed by atoms with Gasteiger partial charge in [0.2, 0.25) is 11.8 Å². The summed E-state index contributed by atoms with van der Waals surface area (Å²) in [7, 11) is 0. The van der Waals surface area contributed by atoms with Gasteiger partial charge in [-0.25, -0.2) is 0 Å². The number of carbonyl (C=O) groups excluding carboxylic acids is 2. The lowest BCUT2D eigenvalue weighted by atomic mass is 9.84. The maximum absolute atomic E-state index is 12.1. The molecule has 1 aliphatic carbocycles.